The number of nitrogens with one attached hydrogen (secondary N) is 1. The molecule has 0 aromatic heterocycles. The van der Waals surface area contributed by atoms with Crippen molar-refractivity contribution in [2.75, 3.05) is 5.32 Å². The lowest BCUT2D eigenvalue weighted by Gasteiger charge is -2.22. The van der Waals surface area contributed by atoms with E-state index in [1.54, 1.807) is 18.2 Å². The van der Waals surface area contributed by atoms with Crippen LogP contribution < -0.4 is 5.32 Å². The second-order valence-corrected chi connectivity index (χ2v) is 7.41. The Kier molecular flexibility index (Phi) is 4.65. The van der Waals surface area contributed by atoms with Gasteiger partial charge in [-0.25, -0.2) is 0 Å². The molecule has 0 bridgehead atoms. The van der Waals surface area contributed by atoms with Crippen LogP contribution in [0.3, 0.4) is 0 Å². The van der Waals surface area contributed by atoms with Gasteiger partial charge < -0.3 is 5.32 Å². The number of hydrogen-bond acceptors (Lipinski definition) is 2. The number of anilines is 1. The minimum Gasteiger partial charge on any atom is -0.325 e. The molecule has 1 rings (SSSR count). The number of benzene rings is 1. The number of carbonyl (C=O) groups excluding carboxylic acids is 2. The Morgan fingerprint density at radius 1 is 1.00 bits per heavy atom. The Hall–Kier alpha value is -1.35. The fourth-order valence-corrected chi connectivity index (χ4v) is 1.70. The van der Waals surface area contributed by atoms with Gasteiger partial charge in [-0.2, -0.15) is 0 Å². The van der Waals surface area contributed by atoms with Gasteiger partial charge in [-0.05, 0) is 18.2 Å². The summed E-state index contributed by atoms with van der Waals surface area (Å²) in [4.78, 5) is 24.5. The minimum absolute atomic E-state index is 0.0517. The van der Waals surface area contributed by atoms with E-state index < -0.39 is 10.8 Å². The molecule has 0 radical (unpaired) electrons. The predicted molar refractivity (Wildman–Crippen MR) is 83.3 cm³/mol. The summed E-state index contributed by atoms with van der Waals surface area (Å²) in [6.45, 7) is 11.0. The summed E-state index contributed by atoms with van der Waals surface area (Å²) in [6.07, 6.45) is 0. The van der Waals surface area contributed by atoms with Gasteiger partial charge in [-0.3, -0.25) is 9.59 Å². The SMILES string of the molecule is CC(C)(C)C(=O)Nc1ccc(Cl)cc1C(=O)C(C)(C)C. The second kappa shape index (κ2) is 5.57. The van der Waals surface area contributed by atoms with Crippen molar-refractivity contribution in [3.8, 4) is 0 Å². The fourth-order valence-electron chi connectivity index (χ4n) is 1.53. The number of Topliss-reactive ketones (excluding diaryl/α,β-unsaturated/α-hetero) is 1. The highest BCUT2D eigenvalue weighted by Gasteiger charge is 2.28. The van der Waals surface area contributed by atoms with E-state index in [-0.39, 0.29) is 11.7 Å². The zero-order valence-corrected chi connectivity index (χ0v) is 13.7. The fraction of sp³-hybridized carbons (Fsp3) is 0.500. The van der Waals surface area contributed by atoms with E-state index in [9.17, 15) is 9.59 Å². The van der Waals surface area contributed by atoms with Gasteiger partial charge in [0, 0.05) is 21.4 Å². The Bertz CT molecular complexity index is 536. The first-order valence-electron chi connectivity index (χ1n) is 6.59. The van der Waals surface area contributed by atoms with Crippen LogP contribution in [0.4, 0.5) is 5.69 Å². The maximum Gasteiger partial charge on any atom is 0.229 e. The normalized spacial score (nSPS) is 12.2. The molecule has 0 fully saturated rings. The van der Waals surface area contributed by atoms with Crippen molar-refractivity contribution >= 4 is 29.0 Å². The summed E-state index contributed by atoms with van der Waals surface area (Å²) in [5, 5.41) is 3.29. The van der Waals surface area contributed by atoms with Crippen molar-refractivity contribution in [1.29, 1.82) is 0 Å². The minimum atomic E-state index is -0.536. The number of hydrogen-bond donors (Lipinski definition) is 1. The number of rotatable bonds is 2. The van der Waals surface area contributed by atoms with Gasteiger partial charge >= 0.3 is 0 Å². The largest absolute Gasteiger partial charge is 0.325 e. The Balaban J connectivity index is 3.22. The quantitative estimate of drug-likeness (QED) is 0.813. The highest BCUT2D eigenvalue weighted by molar-refractivity contribution is 6.31. The molecule has 1 amide bonds. The molecule has 0 saturated carbocycles. The summed E-state index contributed by atoms with van der Waals surface area (Å²) in [7, 11) is 0. The number of halogens is 1. The molecule has 0 aliphatic carbocycles. The molecule has 0 heterocycles. The molecule has 0 saturated heterocycles. The van der Waals surface area contributed by atoms with E-state index in [2.05, 4.69) is 5.32 Å². The van der Waals surface area contributed by atoms with Crippen LogP contribution in [0.2, 0.25) is 5.02 Å². The molecule has 1 aromatic rings. The van der Waals surface area contributed by atoms with Gasteiger partial charge in [-0.1, -0.05) is 53.1 Å². The Morgan fingerprint density at radius 2 is 1.55 bits per heavy atom. The summed E-state index contributed by atoms with van der Waals surface area (Å²) >= 11 is 5.97. The third-order valence-electron chi connectivity index (χ3n) is 2.84. The molecule has 1 N–H and O–H groups in total. The molecule has 0 atom stereocenters. The summed E-state index contributed by atoms with van der Waals surface area (Å²) in [5.74, 6) is -0.188. The van der Waals surface area contributed by atoms with Gasteiger partial charge in [0.15, 0.2) is 5.78 Å². The molecule has 0 aliphatic heterocycles. The standard InChI is InChI=1S/C16H22ClNO2/c1-15(2,3)13(19)11-9-10(17)7-8-12(11)18-14(20)16(4,5)6/h7-9H,1-6H3,(H,18,20). The van der Waals surface area contributed by atoms with Crippen molar-refractivity contribution in [3.63, 3.8) is 0 Å². The van der Waals surface area contributed by atoms with E-state index in [1.165, 1.54) is 0 Å². The first kappa shape index (κ1) is 16.7. The highest BCUT2D eigenvalue weighted by Crippen LogP contribution is 2.29. The third kappa shape index (κ3) is 4.07. The molecule has 3 nitrogen and oxygen atoms in total. The first-order valence-corrected chi connectivity index (χ1v) is 6.96. The van der Waals surface area contributed by atoms with Crippen molar-refractivity contribution in [2.24, 2.45) is 10.8 Å². The van der Waals surface area contributed by atoms with Crippen LogP contribution in [-0.2, 0) is 4.79 Å². The molecular formula is C16H22ClNO2. The zero-order valence-electron chi connectivity index (χ0n) is 12.9. The molecule has 20 heavy (non-hydrogen) atoms. The lowest BCUT2D eigenvalue weighted by atomic mass is 9.85. The number of amides is 1. The van der Waals surface area contributed by atoms with Gasteiger partial charge in [0.2, 0.25) is 5.91 Å². The summed E-state index contributed by atoms with van der Waals surface area (Å²) in [5.41, 5.74) is -0.107. The van der Waals surface area contributed by atoms with Gasteiger partial charge in [0.05, 0.1) is 5.69 Å². The van der Waals surface area contributed by atoms with Crippen molar-refractivity contribution < 1.29 is 9.59 Å². The van der Waals surface area contributed by atoms with E-state index in [0.29, 0.717) is 16.3 Å². The number of carbonyl (C=O) groups is 2. The van der Waals surface area contributed by atoms with Crippen LogP contribution in [0.15, 0.2) is 18.2 Å². The number of ketones is 1. The topological polar surface area (TPSA) is 46.2 Å². The first-order chi connectivity index (χ1) is 8.93. The maximum absolute atomic E-state index is 12.5. The molecule has 1 aromatic carbocycles. The van der Waals surface area contributed by atoms with Crippen LogP contribution in [0, 0.1) is 10.8 Å². The second-order valence-electron chi connectivity index (χ2n) is 6.97. The Morgan fingerprint density at radius 3 is 2.00 bits per heavy atom. The zero-order chi connectivity index (χ0) is 15.7. The third-order valence-corrected chi connectivity index (χ3v) is 3.07. The van der Waals surface area contributed by atoms with Crippen LogP contribution in [-0.4, -0.2) is 11.7 Å². The average molecular weight is 296 g/mol. The molecule has 0 aliphatic rings. The van der Waals surface area contributed by atoms with E-state index in [4.69, 9.17) is 11.6 Å². The van der Waals surface area contributed by atoms with Gasteiger partial charge in [0.1, 0.15) is 0 Å². The summed E-state index contributed by atoms with van der Waals surface area (Å²) in [6, 6.07) is 4.94. The molecule has 0 unspecified atom stereocenters. The average Bonchev–Trinajstić information content (AvgIpc) is 2.27. The van der Waals surface area contributed by atoms with Crippen molar-refractivity contribution in [2.45, 2.75) is 41.5 Å². The van der Waals surface area contributed by atoms with Gasteiger partial charge in [-0.15, -0.1) is 0 Å². The monoisotopic (exact) mass is 295 g/mol. The van der Waals surface area contributed by atoms with Crippen LogP contribution in [0.5, 0.6) is 0 Å². The molecule has 4 heteroatoms. The lowest BCUT2D eigenvalue weighted by molar-refractivity contribution is -0.123. The molecule has 110 valence electrons. The summed E-state index contributed by atoms with van der Waals surface area (Å²) < 4.78 is 0. The van der Waals surface area contributed by atoms with Crippen molar-refractivity contribution in [3.05, 3.63) is 28.8 Å². The molecular weight excluding hydrogens is 274 g/mol. The maximum atomic E-state index is 12.5. The van der Waals surface area contributed by atoms with E-state index >= 15 is 0 Å². The predicted octanol–water partition coefficient (Wildman–Crippen LogP) is 4.55. The van der Waals surface area contributed by atoms with Crippen molar-refractivity contribution in [1.82, 2.24) is 0 Å². The van der Waals surface area contributed by atoms with Crippen LogP contribution in [0.1, 0.15) is 51.9 Å². The highest BCUT2D eigenvalue weighted by atomic mass is 35.5. The van der Waals surface area contributed by atoms with Crippen LogP contribution in [0.25, 0.3) is 0 Å². The van der Waals surface area contributed by atoms with Gasteiger partial charge in [0.25, 0.3) is 0 Å². The van der Waals surface area contributed by atoms with Crippen LogP contribution >= 0.6 is 11.6 Å². The molecule has 0 spiro atoms. The van der Waals surface area contributed by atoms with E-state index in [1.807, 2.05) is 41.5 Å². The Labute approximate surface area is 125 Å². The lowest BCUT2D eigenvalue weighted by Crippen LogP contribution is -2.29. The smallest absolute Gasteiger partial charge is 0.229 e. The van der Waals surface area contributed by atoms with E-state index in [0.717, 1.165) is 0 Å².